The number of rotatable bonds is 6. The van der Waals surface area contributed by atoms with Gasteiger partial charge in [0.25, 0.3) is 0 Å². The summed E-state index contributed by atoms with van der Waals surface area (Å²) in [5.41, 5.74) is 1.75. The largest absolute Gasteiger partial charge is 0.310 e. The van der Waals surface area contributed by atoms with Gasteiger partial charge in [0, 0.05) is 37.3 Å². The molecule has 1 aromatic rings. The Balaban J connectivity index is 3.11. The third kappa shape index (κ3) is 4.09. The minimum Gasteiger partial charge on any atom is -0.310 e. The third-order valence-corrected chi connectivity index (χ3v) is 4.15. The van der Waals surface area contributed by atoms with Crippen molar-refractivity contribution in [1.82, 2.24) is 0 Å². The highest BCUT2D eigenvalue weighted by Gasteiger charge is 2.20. The Kier molecular flexibility index (Phi) is 6.60. The number of carbonyl (C=O) groups is 2. The Hall–Kier alpha value is -1.84. The van der Waals surface area contributed by atoms with Crippen molar-refractivity contribution >= 4 is 23.2 Å². The first kappa shape index (κ1) is 18.2. The summed E-state index contributed by atoms with van der Waals surface area (Å²) < 4.78 is 0. The minimum atomic E-state index is 0.0347. The van der Waals surface area contributed by atoms with Crippen LogP contribution in [0.15, 0.2) is 24.3 Å². The van der Waals surface area contributed by atoms with E-state index in [2.05, 4.69) is 13.8 Å². The molecule has 0 N–H and O–H groups in total. The van der Waals surface area contributed by atoms with Crippen molar-refractivity contribution in [1.29, 1.82) is 0 Å². The Bertz CT molecular complexity index is 463. The van der Waals surface area contributed by atoms with E-state index in [9.17, 15) is 9.59 Å². The fraction of sp³-hybridized carbons (Fsp3) is 0.556. The van der Waals surface area contributed by atoms with Gasteiger partial charge in [0.2, 0.25) is 11.8 Å². The zero-order chi connectivity index (χ0) is 16.9. The van der Waals surface area contributed by atoms with Gasteiger partial charge in [0.05, 0.1) is 0 Å². The van der Waals surface area contributed by atoms with Crippen molar-refractivity contribution in [3.63, 3.8) is 0 Å². The van der Waals surface area contributed by atoms with Crippen molar-refractivity contribution in [3.05, 3.63) is 24.3 Å². The SMILES string of the molecule is CC[C@H](C)N(C(C)=O)c1ccc(N(C(C)=O)[C@@H](C)CC)cc1. The van der Waals surface area contributed by atoms with Gasteiger partial charge in [-0.15, -0.1) is 0 Å². The Morgan fingerprint density at radius 1 is 0.818 bits per heavy atom. The molecule has 0 aromatic heterocycles. The number of hydrogen-bond donors (Lipinski definition) is 0. The van der Waals surface area contributed by atoms with Gasteiger partial charge in [-0.25, -0.2) is 0 Å². The van der Waals surface area contributed by atoms with E-state index in [1.54, 1.807) is 23.6 Å². The lowest BCUT2D eigenvalue weighted by atomic mass is 10.1. The Morgan fingerprint density at radius 3 is 1.27 bits per heavy atom. The van der Waals surface area contributed by atoms with Crippen LogP contribution in [0.25, 0.3) is 0 Å². The Morgan fingerprint density at radius 2 is 1.09 bits per heavy atom. The van der Waals surface area contributed by atoms with Crippen molar-refractivity contribution in [2.75, 3.05) is 9.80 Å². The van der Waals surface area contributed by atoms with Gasteiger partial charge in [-0.3, -0.25) is 9.59 Å². The molecular formula is C18H28N2O2. The maximum atomic E-state index is 11.9. The first-order valence-electron chi connectivity index (χ1n) is 8.03. The van der Waals surface area contributed by atoms with Gasteiger partial charge in [-0.2, -0.15) is 0 Å². The Labute approximate surface area is 134 Å². The zero-order valence-corrected chi connectivity index (χ0v) is 14.6. The fourth-order valence-electron chi connectivity index (χ4n) is 2.63. The third-order valence-electron chi connectivity index (χ3n) is 4.15. The topological polar surface area (TPSA) is 40.6 Å². The van der Waals surface area contributed by atoms with Crippen LogP contribution >= 0.6 is 0 Å². The molecule has 0 aliphatic heterocycles. The van der Waals surface area contributed by atoms with Crippen LogP contribution in [0, 0.1) is 0 Å². The maximum absolute atomic E-state index is 11.9. The molecule has 0 aliphatic rings. The molecule has 2 amide bonds. The predicted molar refractivity (Wildman–Crippen MR) is 92.3 cm³/mol. The second-order valence-corrected chi connectivity index (χ2v) is 5.81. The number of anilines is 2. The van der Waals surface area contributed by atoms with Crippen molar-refractivity contribution in [3.8, 4) is 0 Å². The molecule has 0 saturated heterocycles. The number of carbonyl (C=O) groups excluding carboxylic acids is 2. The van der Waals surface area contributed by atoms with Crippen LogP contribution < -0.4 is 9.80 Å². The van der Waals surface area contributed by atoms with E-state index in [0.29, 0.717) is 0 Å². The number of nitrogens with zero attached hydrogens (tertiary/aromatic N) is 2. The average Bonchev–Trinajstić information content (AvgIpc) is 2.48. The summed E-state index contributed by atoms with van der Waals surface area (Å²) >= 11 is 0. The second-order valence-electron chi connectivity index (χ2n) is 5.81. The summed E-state index contributed by atoms with van der Waals surface area (Å²) in [5, 5.41) is 0. The average molecular weight is 304 g/mol. The molecule has 0 aliphatic carbocycles. The molecule has 1 aromatic carbocycles. The monoisotopic (exact) mass is 304 g/mol. The summed E-state index contributed by atoms with van der Waals surface area (Å²) in [6.45, 7) is 11.4. The highest BCUT2D eigenvalue weighted by molar-refractivity contribution is 5.94. The summed E-state index contributed by atoms with van der Waals surface area (Å²) in [6, 6.07) is 7.98. The summed E-state index contributed by atoms with van der Waals surface area (Å²) in [7, 11) is 0. The van der Waals surface area contributed by atoms with Crippen LogP contribution in [0.4, 0.5) is 11.4 Å². The molecule has 0 fully saturated rings. The van der Waals surface area contributed by atoms with E-state index in [1.165, 1.54) is 0 Å². The van der Waals surface area contributed by atoms with Crippen LogP contribution in [-0.4, -0.2) is 23.9 Å². The van der Waals surface area contributed by atoms with E-state index in [-0.39, 0.29) is 23.9 Å². The predicted octanol–water partition coefficient (Wildman–Crippen LogP) is 3.99. The summed E-state index contributed by atoms with van der Waals surface area (Å²) in [6.07, 6.45) is 1.79. The molecule has 4 heteroatoms. The molecule has 2 atom stereocenters. The lowest BCUT2D eigenvalue weighted by Crippen LogP contribution is -2.37. The minimum absolute atomic E-state index is 0.0347. The van der Waals surface area contributed by atoms with Gasteiger partial charge in [-0.1, -0.05) is 13.8 Å². The molecule has 0 radical (unpaired) electrons. The maximum Gasteiger partial charge on any atom is 0.224 e. The normalized spacial score (nSPS) is 13.4. The van der Waals surface area contributed by atoms with Gasteiger partial charge in [0.1, 0.15) is 0 Å². The van der Waals surface area contributed by atoms with Gasteiger partial charge in [0.15, 0.2) is 0 Å². The second kappa shape index (κ2) is 7.97. The van der Waals surface area contributed by atoms with Gasteiger partial charge in [-0.05, 0) is 51.0 Å². The standard InChI is InChI=1S/C18H28N2O2/c1-7-13(3)19(15(5)21)17-9-11-18(12-10-17)20(16(6)22)14(4)8-2/h9-14H,7-8H2,1-6H3/t13-,14-/m0/s1. The molecule has 122 valence electrons. The van der Waals surface area contributed by atoms with Crippen molar-refractivity contribution in [2.45, 2.75) is 66.5 Å². The van der Waals surface area contributed by atoms with Crippen LogP contribution in [0.1, 0.15) is 54.4 Å². The van der Waals surface area contributed by atoms with E-state index in [0.717, 1.165) is 24.2 Å². The summed E-state index contributed by atoms with van der Waals surface area (Å²) in [4.78, 5) is 27.4. The van der Waals surface area contributed by atoms with Crippen LogP contribution in [-0.2, 0) is 9.59 Å². The fourth-order valence-corrected chi connectivity index (χ4v) is 2.63. The molecule has 0 heterocycles. The molecule has 22 heavy (non-hydrogen) atoms. The number of hydrogen-bond acceptors (Lipinski definition) is 2. The van der Waals surface area contributed by atoms with E-state index >= 15 is 0 Å². The van der Waals surface area contributed by atoms with Gasteiger partial charge < -0.3 is 9.80 Å². The first-order valence-corrected chi connectivity index (χ1v) is 8.03. The lowest BCUT2D eigenvalue weighted by molar-refractivity contribution is -0.117. The van der Waals surface area contributed by atoms with Crippen LogP contribution in [0.3, 0.4) is 0 Å². The smallest absolute Gasteiger partial charge is 0.224 e. The van der Waals surface area contributed by atoms with Crippen LogP contribution in [0.5, 0.6) is 0 Å². The molecule has 0 saturated carbocycles. The highest BCUT2D eigenvalue weighted by atomic mass is 16.2. The quantitative estimate of drug-likeness (QED) is 0.797. The van der Waals surface area contributed by atoms with Gasteiger partial charge >= 0.3 is 0 Å². The number of amides is 2. The molecular weight excluding hydrogens is 276 g/mol. The molecule has 4 nitrogen and oxygen atoms in total. The zero-order valence-electron chi connectivity index (χ0n) is 14.6. The molecule has 0 bridgehead atoms. The lowest BCUT2D eigenvalue weighted by Gasteiger charge is -2.30. The summed E-state index contributed by atoms with van der Waals surface area (Å²) in [5.74, 6) is 0.0694. The molecule has 1 rings (SSSR count). The van der Waals surface area contributed by atoms with E-state index in [4.69, 9.17) is 0 Å². The van der Waals surface area contributed by atoms with E-state index < -0.39 is 0 Å². The first-order chi connectivity index (χ1) is 10.3. The van der Waals surface area contributed by atoms with Crippen LogP contribution in [0.2, 0.25) is 0 Å². The molecule has 0 spiro atoms. The van der Waals surface area contributed by atoms with E-state index in [1.807, 2.05) is 38.1 Å². The van der Waals surface area contributed by atoms with Crippen molar-refractivity contribution < 1.29 is 9.59 Å². The molecule has 0 unspecified atom stereocenters. The highest BCUT2D eigenvalue weighted by Crippen LogP contribution is 2.25. The number of benzene rings is 1. The van der Waals surface area contributed by atoms with Crippen molar-refractivity contribution in [2.24, 2.45) is 0 Å².